The number of aryl methyl sites for hydroxylation is 1. The Balaban J connectivity index is 1.44. The van der Waals surface area contributed by atoms with Gasteiger partial charge in [0.05, 0.1) is 34.5 Å². The minimum atomic E-state index is -3.99. The number of carbonyl (C=O) groups is 3. The lowest BCUT2D eigenvalue weighted by atomic mass is 9.69. The molecule has 4 unspecified atom stereocenters. The lowest BCUT2D eigenvalue weighted by Crippen LogP contribution is -2.63. The molecule has 6 rings (SSSR count). The molecule has 4 aliphatic rings. The van der Waals surface area contributed by atoms with Gasteiger partial charge in [0.25, 0.3) is 10.0 Å². The molecule has 44 heavy (non-hydrogen) atoms. The van der Waals surface area contributed by atoms with E-state index in [0.29, 0.717) is 35.9 Å². The molecule has 3 aliphatic heterocycles. The van der Waals surface area contributed by atoms with Crippen molar-refractivity contribution < 1.29 is 37.3 Å². The molecular formula is C32H33IN2O8S. The zero-order chi connectivity index (χ0) is 31.3. The van der Waals surface area contributed by atoms with Gasteiger partial charge in [0.2, 0.25) is 5.91 Å². The van der Waals surface area contributed by atoms with Gasteiger partial charge < -0.3 is 9.64 Å². The third-order valence-corrected chi connectivity index (χ3v) is 11.5. The molecule has 0 bridgehead atoms. The molecule has 2 fully saturated rings. The number of carbonyl (C=O) groups excluding carboxylic acids is 3. The van der Waals surface area contributed by atoms with E-state index >= 15 is 0 Å². The standard InChI is InChI=1S/C32H33IN2O8S/c1-4-16-41-32(38)29-27-21(28-25(30(36)34(28)29)18(3)31(37)43-42-17-5-2)9-7-11-23(27)35-22-10-6-8-20-19(14-15-33)12-13-24(26(20)22)44(35,39)40/h4-6,8,10,12-13,18,21,23,25,28H,1-2,7,9,11,14-17H2,3H3/t18?,21-,23?,25?,28?/m0/s1. The highest BCUT2D eigenvalue weighted by Crippen LogP contribution is 2.56. The fraction of sp³-hybridized carbons (Fsp3) is 0.406. The maximum absolute atomic E-state index is 14.3. The number of rotatable bonds is 11. The summed E-state index contributed by atoms with van der Waals surface area (Å²) in [4.78, 5) is 51.6. The van der Waals surface area contributed by atoms with Crippen LogP contribution < -0.4 is 4.31 Å². The molecule has 12 heteroatoms. The average Bonchev–Trinajstić information content (AvgIpc) is 3.44. The van der Waals surface area contributed by atoms with Crippen molar-refractivity contribution in [3.63, 3.8) is 0 Å². The third-order valence-electron chi connectivity index (χ3n) is 9.12. The smallest absolute Gasteiger partial charge is 0.355 e. The topological polar surface area (TPSA) is 120 Å². The highest BCUT2D eigenvalue weighted by molar-refractivity contribution is 14.1. The maximum atomic E-state index is 14.3. The van der Waals surface area contributed by atoms with Gasteiger partial charge in [0.15, 0.2) is 0 Å². The summed E-state index contributed by atoms with van der Waals surface area (Å²) in [5.74, 6) is -3.80. The summed E-state index contributed by atoms with van der Waals surface area (Å²) < 4.78 is 36.4. The largest absolute Gasteiger partial charge is 0.457 e. The number of nitrogens with zero attached hydrogens (tertiary/aromatic N) is 2. The molecule has 0 aromatic heterocycles. The van der Waals surface area contributed by atoms with Gasteiger partial charge in [-0.2, -0.15) is 4.89 Å². The van der Waals surface area contributed by atoms with Crippen LogP contribution >= 0.6 is 22.6 Å². The number of alkyl halides is 1. The number of hydrogen-bond acceptors (Lipinski definition) is 8. The Labute approximate surface area is 269 Å². The lowest BCUT2D eigenvalue weighted by Gasteiger charge is -2.48. The highest BCUT2D eigenvalue weighted by Gasteiger charge is 2.64. The van der Waals surface area contributed by atoms with Crippen LogP contribution in [0.3, 0.4) is 0 Å². The summed E-state index contributed by atoms with van der Waals surface area (Å²) in [6, 6.07) is 7.95. The molecule has 0 spiro atoms. The second kappa shape index (κ2) is 11.9. The Morgan fingerprint density at radius 2 is 1.91 bits per heavy atom. The maximum Gasteiger partial charge on any atom is 0.355 e. The first-order chi connectivity index (χ1) is 21.2. The van der Waals surface area contributed by atoms with Crippen LogP contribution in [0.15, 0.2) is 71.8 Å². The Morgan fingerprint density at radius 3 is 2.64 bits per heavy atom. The molecule has 2 aromatic rings. The zero-order valence-electron chi connectivity index (χ0n) is 24.2. The van der Waals surface area contributed by atoms with Crippen LogP contribution in [0, 0.1) is 17.8 Å². The van der Waals surface area contributed by atoms with Crippen molar-refractivity contribution in [2.24, 2.45) is 17.8 Å². The van der Waals surface area contributed by atoms with E-state index in [1.54, 1.807) is 13.0 Å². The minimum absolute atomic E-state index is 0.000936. The molecule has 232 valence electrons. The molecule has 10 nitrogen and oxygen atoms in total. The normalized spacial score (nSPS) is 25.3. The number of anilines is 1. The van der Waals surface area contributed by atoms with Crippen molar-refractivity contribution in [2.45, 2.75) is 49.6 Å². The Morgan fingerprint density at radius 1 is 1.14 bits per heavy atom. The van der Waals surface area contributed by atoms with Crippen molar-refractivity contribution >= 4 is 66.9 Å². The van der Waals surface area contributed by atoms with Crippen LogP contribution in [-0.2, 0) is 45.3 Å². The van der Waals surface area contributed by atoms with Gasteiger partial charge in [-0.3, -0.25) is 14.0 Å². The number of benzene rings is 2. The first kappa shape index (κ1) is 30.8. The SMILES string of the molecule is C=CCOOC(=O)C(C)C1C(=O)N2C(C(=O)OCC=C)=C3C(N4c5cccc6c(CCI)ccc(c56)S4(=O)=O)CCC[C@@H]3C12. The van der Waals surface area contributed by atoms with Crippen LogP contribution in [0.25, 0.3) is 10.8 Å². The van der Waals surface area contributed by atoms with Crippen molar-refractivity contribution in [2.75, 3.05) is 21.9 Å². The Kier molecular flexibility index (Phi) is 8.35. The van der Waals surface area contributed by atoms with Gasteiger partial charge in [-0.25, -0.2) is 18.0 Å². The fourth-order valence-electron chi connectivity index (χ4n) is 7.38. The Bertz CT molecular complexity index is 1720. The van der Waals surface area contributed by atoms with Crippen LogP contribution in [0.4, 0.5) is 5.69 Å². The summed E-state index contributed by atoms with van der Waals surface area (Å²) in [7, 11) is -3.99. The van der Waals surface area contributed by atoms with Gasteiger partial charge >= 0.3 is 11.9 Å². The summed E-state index contributed by atoms with van der Waals surface area (Å²) >= 11 is 2.31. The van der Waals surface area contributed by atoms with Gasteiger partial charge in [-0.15, -0.1) is 6.58 Å². The monoisotopic (exact) mass is 732 g/mol. The quantitative estimate of drug-likeness (QED) is 0.0481. The summed E-state index contributed by atoms with van der Waals surface area (Å²) in [6.45, 7) is 8.67. The first-order valence-electron chi connectivity index (χ1n) is 14.6. The van der Waals surface area contributed by atoms with E-state index in [2.05, 4.69) is 35.7 Å². The van der Waals surface area contributed by atoms with E-state index in [1.807, 2.05) is 24.3 Å². The minimum Gasteiger partial charge on any atom is -0.457 e. The van der Waals surface area contributed by atoms with Gasteiger partial charge in [-0.1, -0.05) is 72.9 Å². The number of sulfonamides is 1. The van der Waals surface area contributed by atoms with E-state index < -0.39 is 51.8 Å². The second-order valence-corrected chi connectivity index (χ2v) is 14.3. The summed E-state index contributed by atoms with van der Waals surface area (Å²) in [5.41, 5.74) is 2.27. The lowest BCUT2D eigenvalue weighted by molar-refractivity contribution is -0.271. The first-order valence-corrected chi connectivity index (χ1v) is 17.6. The molecule has 0 N–H and O–H groups in total. The molecule has 1 saturated carbocycles. The number of amides is 1. The molecule has 2 aromatic carbocycles. The van der Waals surface area contributed by atoms with Gasteiger partial charge in [0.1, 0.15) is 18.9 Å². The number of halogens is 1. The number of esters is 1. The van der Waals surface area contributed by atoms with Crippen LogP contribution in [-0.4, -0.2) is 60.9 Å². The zero-order valence-corrected chi connectivity index (χ0v) is 27.2. The Hall–Kier alpha value is -3.23. The highest BCUT2D eigenvalue weighted by atomic mass is 127. The number of hydrogen-bond donors (Lipinski definition) is 0. The van der Waals surface area contributed by atoms with Gasteiger partial charge in [0, 0.05) is 15.7 Å². The van der Waals surface area contributed by atoms with Crippen LogP contribution in [0.2, 0.25) is 0 Å². The van der Waals surface area contributed by atoms with E-state index in [4.69, 9.17) is 14.5 Å². The molecule has 0 radical (unpaired) electrons. The summed E-state index contributed by atoms with van der Waals surface area (Å²) in [5, 5.41) is 1.57. The predicted octanol–water partition coefficient (Wildman–Crippen LogP) is 4.62. The summed E-state index contributed by atoms with van der Waals surface area (Å²) in [6.07, 6.45) is 5.41. The van der Waals surface area contributed by atoms with Crippen LogP contribution in [0.1, 0.15) is 31.7 Å². The molecule has 1 aliphatic carbocycles. The molecule has 5 atom stereocenters. The van der Waals surface area contributed by atoms with Crippen molar-refractivity contribution in [3.8, 4) is 0 Å². The number of β-lactam (4-membered cyclic amide) rings is 1. The van der Waals surface area contributed by atoms with E-state index in [1.165, 1.54) is 21.4 Å². The predicted molar refractivity (Wildman–Crippen MR) is 171 cm³/mol. The van der Waals surface area contributed by atoms with Gasteiger partial charge in [-0.05, 0) is 47.9 Å². The van der Waals surface area contributed by atoms with E-state index in [9.17, 15) is 22.8 Å². The van der Waals surface area contributed by atoms with Crippen molar-refractivity contribution in [1.82, 2.24) is 4.90 Å². The average molecular weight is 733 g/mol. The fourth-order valence-corrected chi connectivity index (χ4v) is 9.85. The van der Waals surface area contributed by atoms with E-state index in [-0.39, 0.29) is 29.7 Å². The molecule has 1 saturated heterocycles. The van der Waals surface area contributed by atoms with Crippen LogP contribution in [0.5, 0.6) is 0 Å². The molecule has 3 heterocycles. The second-order valence-electron chi connectivity index (χ2n) is 11.4. The van der Waals surface area contributed by atoms with Crippen molar-refractivity contribution in [1.29, 1.82) is 0 Å². The number of fused-ring (bicyclic) bond motifs is 3. The molecule has 1 amide bonds. The number of ether oxygens (including phenoxy) is 1. The van der Waals surface area contributed by atoms with E-state index in [0.717, 1.165) is 21.8 Å². The molecular weight excluding hydrogens is 699 g/mol. The third kappa shape index (κ3) is 4.59. The van der Waals surface area contributed by atoms with Crippen molar-refractivity contribution in [3.05, 3.63) is 72.5 Å².